The van der Waals surface area contributed by atoms with Gasteiger partial charge in [0.05, 0.1) is 6.61 Å². The molecule has 0 saturated carbocycles. The molecule has 1 N–H and O–H groups in total. The lowest BCUT2D eigenvalue weighted by Gasteiger charge is -2.13. The van der Waals surface area contributed by atoms with E-state index >= 15 is 0 Å². The SMILES string of the molecule is CCOc1ccc(CNC2CCN(C)C2)cc1. The third-order valence-electron chi connectivity index (χ3n) is 3.22. The Kier molecular flexibility index (Phi) is 4.40. The van der Waals surface area contributed by atoms with Crippen LogP contribution in [0.25, 0.3) is 0 Å². The largest absolute Gasteiger partial charge is 0.494 e. The lowest BCUT2D eigenvalue weighted by molar-refractivity contribution is 0.340. The van der Waals surface area contributed by atoms with Crippen molar-refractivity contribution in [2.75, 3.05) is 26.7 Å². The van der Waals surface area contributed by atoms with E-state index in [1.165, 1.54) is 18.5 Å². The smallest absolute Gasteiger partial charge is 0.119 e. The second-order valence-corrected chi connectivity index (χ2v) is 4.71. The van der Waals surface area contributed by atoms with Crippen LogP contribution in [-0.2, 0) is 6.54 Å². The Balaban J connectivity index is 1.78. The summed E-state index contributed by atoms with van der Waals surface area (Å²) in [5.41, 5.74) is 1.32. The maximum absolute atomic E-state index is 5.43. The number of benzene rings is 1. The van der Waals surface area contributed by atoms with E-state index in [0.29, 0.717) is 6.04 Å². The Bertz CT molecular complexity index is 337. The summed E-state index contributed by atoms with van der Waals surface area (Å²) in [7, 11) is 2.18. The van der Waals surface area contributed by atoms with Gasteiger partial charge in [0.1, 0.15) is 5.75 Å². The molecule has 94 valence electrons. The highest BCUT2D eigenvalue weighted by atomic mass is 16.5. The first-order chi connectivity index (χ1) is 8.28. The van der Waals surface area contributed by atoms with Crippen LogP contribution in [0.2, 0.25) is 0 Å². The van der Waals surface area contributed by atoms with Crippen LogP contribution in [0.4, 0.5) is 0 Å². The van der Waals surface area contributed by atoms with Crippen molar-refractivity contribution in [2.24, 2.45) is 0 Å². The van der Waals surface area contributed by atoms with Gasteiger partial charge >= 0.3 is 0 Å². The van der Waals surface area contributed by atoms with E-state index in [0.717, 1.165) is 25.4 Å². The van der Waals surface area contributed by atoms with Gasteiger partial charge in [0.25, 0.3) is 0 Å². The molecule has 1 unspecified atom stereocenters. The van der Waals surface area contributed by atoms with Crippen LogP contribution in [0.15, 0.2) is 24.3 Å². The molecule has 1 fully saturated rings. The molecule has 0 aliphatic carbocycles. The van der Waals surface area contributed by atoms with Crippen LogP contribution >= 0.6 is 0 Å². The number of hydrogen-bond acceptors (Lipinski definition) is 3. The molecule has 1 aromatic carbocycles. The fourth-order valence-electron chi connectivity index (χ4n) is 2.23. The number of nitrogens with one attached hydrogen (secondary N) is 1. The van der Waals surface area contributed by atoms with Crippen molar-refractivity contribution in [1.29, 1.82) is 0 Å². The number of ether oxygens (including phenoxy) is 1. The summed E-state index contributed by atoms with van der Waals surface area (Å²) < 4.78 is 5.43. The van der Waals surface area contributed by atoms with E-state index in [2.05, 4.69) is 29.4 Å². The molecule has 1 aromatic rings. The molecule has 0 bridgehead atoms. The lowest BCUT2D eigenvalue weighted by Crippen LogP contribution is -2.30. The van der Waals surface area contributed by atoms with E-state index in [9.17, 15) is 0 Å². The summed E-state index contributed by atoms with van der Waals surface area (Å²) in [5, 5.41) is 3.60. The van der Waals surface area contributed by atoms with Crippen LogP contribution in [0, 0.1) is 0 Å². The van der Waals surface area contributed by atoms with E-state index in [1.807, 2.05) is 19.1 Å². The minimum atomic E-state index is 0.645. The van der Waals surface area contributed by atoms with Gasteiger partial charge in [0.15, 0.2) is 0 Å². The normalized spacial score (nSPS) is 20.7. The van der Waals surface area contributed by atoms with Gasteiger partial charge in [-0.25, -0.2) is 0 Å². The fourth-order valence-corrected chi connectivity index (χ4v) is 2.23. The van der Waals surface area contributed by atoms with Crippen LogP contribution in [-0.4, -0.2) is 37.7 Å². The van der Waals surface area contributed by atoms with Crippen LogP contribution in [0.5, 0.6) is 5.75 Å². The molecule has 1 heterocycles. The van der Waals surface area contributed by atoms with Crippen molar-refractivity contribution in [3.63, 3.8) is 0 Å². The van der Waals surface area contributed by atoms with Crippen LogP contribution < -0.4 is 10.1 Å². The maximum Gasteiger partial charge on any atom is 0.119 e. The Morgan fingerprint density at radius 3 is 2.71 bits per heavy atom. The average Bonchev–Trinajstić information content (AvgIpc) is 2.75. The van der Waals surface area contributed by atoms with E-state index in [-0.39, 0.29) is 0 Å². The van der Waals surface area contributed by atoms with Gasteiger partial charge in [-0.1, -0.05) is 12.1 Å². The van der Waals surface area contributed by atoms with E-state index in [4.69, 9.17) is 4.74 Å². The molecule has 3 heteroatoms. The van der Waals surface area contributed by atoms with E-state index in [1.54, 1.807) is 0 Å². The highest BCUT2D eigenvalue weighted by molar-refractivity contribution is 5.27. The molecule has 1 saturated heterocycles. The van der Waals surface area contributed by atoms with Gasteiger partial charge in [-0.05, 0) is 44.6 Å². The zero-order chi connectivity index (χ0) is 12.1. The fraction of sp³-hybridized carbons (Fsp3) is 0.571. The number of hydrogen-bond donors (Lipinski definition) is 1. The quantitative estimate of drug-likeness (QED) is 0.842. The summed E-state index contributed by atoms with van der Waals surface area (Å²) >= 11 is 0. The molecule has 3 nitrogen and oxygen atoms in total. The monoisotopic (exact) mass is 234 g/mol. The number of nitrogens with zero attached hydrogens (tertiary/aromatic N) is 1. The second kappa shape index (κ2) is 6.03. The van der Waals surface area contributed by atoms with Gasteiger partial charge in [-0.3, -0.25) is 0 Å². The predicted octanol–water partition coefficient (Wildman–Crippen LogP) is 1.88. The molecule has 0 aromatic heterocycles. The van der Waals surface area contributed by atoms with Crippen molar-refractivity contribution in [3.05, 3.63) is 29.8 Å². The van der Waals surface area contributed by atoms with Crippen molar-refractivity contribution in [3.8, 4) is 5.75 Å². The summed E-state index contributed by atoms with van der Waals surface area (Å²) in [6.07, 6.45) is 1.26. The number of likely N-dealkylation sites (N-methyl/N-ethyl adjacent to an activating group) is 1. The molecular weight excluding hydrogens is 212 g/mol. The second-order valence-electron chi connectivity index (χ2n) is 4.71. The lowest BCUT2D eigenvalue weighted by atomic mass is 10.2. The minimum absolute atomic E-state index is 0.645. The first kappa shape index (κ1) is 12.4. The van der Waals surface area contributed by atoms with Crippen LogP contribution in [0.1, 0.15) is 18.9 Å². The summed E-state index contributed by atoms with van der Waals surface area (Å²) in [4.78, 5) is 2.37. The minimum Gasteiger partial charge on any atom is -0.494 e. The zero-order valence-corrected chi connectivity index (χ0v) is 10.8. The molecule has 1 aliphatic rings. The van der Waals surface area contributed by atoms with Crippen molar-refractivity contribution in [1.82, 2.24) is 10.2 Å². The van der Waals surface area contributed by atoms with Crippen molar-refractivity contribution in [2.45, 2.75) is 25.9 Å². The Morgan fingerprint density at radius 1 is 1.35 bits per heavy atom. The topological polar surface area (TPSA) is 24.5 Å². The summed E-state index contributed by atoms with van der Waals surface area (Å²) in [6, 6.07) is 9.00. The highest BCUT2D eigenvalue weighted by Gasteiger charge is 2.18. The Morgan fingerprint density at radius 2 is 2.12 bits per heavy atom. The van der Waals surface area contributed by atoms with Crippen LogP contribution in [0.3, 0.4) is 0 Å². The average molecular weight is 234 g/mol. The zero-order valence-electron chi connectivity index (χ0n) is 10.8. The predicted molar refractivity (Wildman–Crippen MR) is 70.4 cm³/mol. The first-order valence-electron chi connectivity index (χ1n) is 6.41. The van der Waals surface area contributed by atoms with Gasteiger partial charge in [0, 0.05) is 19.1 Å². The van der Waals surface area contributed by atoms with Gasteiger partial charge < -0.3 is 15.0 Å². The summed E-state index contributed by atoms with van der Waals surface area (Å²) in [6.45, 7) is 6.06. The molecule has 0 radical (unpaired) electrons. The molecule has 2 rings (SSSR count). The first-order valence-corrected chi connectivity index (χ1v) is 6.41. The highest BCUT2D eigenvalue weighted by Crippen LogP contribution is 2.13. The summed E-state index contributed by atoms with van der Waals surface area (Å²) in [5.74, 6) is 0.955. The maximum atomic E-state index is 5.43. The molecular formula is C14H22N2O. The third kappa shape index (κ3) is 3.72. The molecule has 1 aliphatic heterocycles. The Hall–Kier alpha value is -1.06. The number of rotatable bonds is 5. The van der Waals surface area contributed by atoms with Crippen molar-refractivity contribution >= 4 is 0 Å². The number of likely N-dealkylation sites (tertiary alicyclic amines) is 1. The van der Waals surface area contributed by atoms with Gasteiger partial charge in [-0.15, -0.1) is 0 Å². The van der Waals surface area contributed by atoms with Gasteiger partial charge in [-0.2, -0.15) is 0 Å². The van der Waals surface area contributed by atoms with Gasteiger partial charge in [0.2, 0.25) is 0 Å². The molecule has 0 spiro atoms. The standard InChI is InChI=1S/C14H22N2O/c1-3-17-14-6-4-12(5-7-14)10-15-13-8-9-16(2)11-13/h4-7,13,15H,3,8-11H2,1-2H3. The van der Waals surface area contributed by atoms with E-state index < -0.39 is 0 Å². The Labute approximate surface area is 104 Å². The third-order valence-corrected chi connectivity index (χ3v) is 3.22. The molecule has 1 atom stereocenters. The molecule has 0 amide bonds. The molecule has 17 heavy (non-hydrogen) atoms. The van der Waals surface area contributed by atoms with Crippen molar-refractivity contribution < 1.29 is 4.74 Å².